The number of methoxy groups -OCH3 is 2. The van der Waals surface area contributed by atoms with E-state index in [4.69, 9.17) is 14.2 Å². The number of hydrogen-bond donors (Lipinski definition) is 0. The van der Waals surface area contributed by atoms with Crippen molar-refractivity contribution in [2.45, 2.75) is 13.2 Å². The maximum absolute atomic E-state index is 5.36. The monoisotopic (exact) mass is 261 g/mol. The predicted octanol–water partition coefficient (Wildman–Crippen LogP) is 1.49. The molecule has 2 aromatic rings. The fourth-order valence-corrected chi connectivity index (χ4v) is 2.19. The standard InChI is InChI=1S/C13H15N3O3/c1-17-10-4-3-9(7-11(10)18-2)13-15-14-12-8-19-6-5-16(12)13/h3-4,7H,5-6,8H2,1-2H3. The van der Waals surface area contributed by atoms with Crippen LogP contribution >= 0.6 is 0 Å². The minimum absolute atomic E-state index is 0.514. The van der Waals surface area contributed by atoms with Crippen LogP contribution in [0.5, 0.6) is 11.5 Å². The molecule has 0 spiro atoms. The summed E-state index contributed by atoms with van der Waals surface area (Å²) < 4.78 is 18.0. The molecular weight excluding hydrogens is 246 g/mol. The lowest BCUT2D eigenvalue weighted by molar-refractivity contribution is 0.0821. The van der Waals surface area contributed by atoms with Crippen LogP contribution in [0.25, 0.3) is 11.4 Å². The number of nitrogens with zero attached hydrogens (tertiary/aromatic N) is 3. The summed E-state index contributed by atoms with van der Waals surface area (Å²) in [6.07, 6.45) is 0. The highest BCUT2D eigenvalue weighted by atomic mass is 16.5. The third-order valence-electron chi connectivity index (χ3n) is 3.16. The summed E-state index contributed by atoms with van der Waals surface area (Å²) in [5.74, 6) is 3.08. The maximum Gasteiger partial charge on any atom is 0.164 e. The normalized spacial score (nSPS) is 14.0. The largest absolute Gasteiger partial charge is 0.493 e. The van der Waals surface area contributed by atoms with E-state index in [-0.39, 0.29) is 0 Å². The molecule has 0 saturated carbocycles. The average Bonchev–Trinajstić information content (AvgIpc) is 2.90. The lowest BCUT2D eigenvalue weighted by Gasteiger charge is -2.16. The third kappa shape index (κ3) is 2.04. The zero-order valence-electron chi connectivity index (χ0n) is 10.9. The van der Waals surface area contributed by atoms with Gasteiger partial charge in [-0.2, -0.15) is 0 Å². The van der Waals surface area contributed by atoms with Gasteiger partial charge in [-0.05, 0) is 18.2 Å². The number of aromatic nitrogens is 3. The van der Waals surface area contributed by atoms with E-state index in [1.807, 2.05) is 18.2 Å². The van der Waals surface area contributed by atoms with Gasteiger partial charge in [-0.1, -0.05) is 0 Å². The van der Waals surface area contributed by atoms with Gasteiger partial charge in [-0.25, -0.2) is 0 Å². The zero-order chi connectivity index (χ0) is 13.2. The van der Waals surface area contributed by atoms with Crippen LogP contribution in [0, 0.1) is 0 Å². The molecule has 0 atom stereocenters. The first kappa shape index (κ1) is 12.0. The topological polar surface area (TPSA) is 58.4 Å². The molecule has 1 aliphatic heterocycles. The van der Waals surface area contributed by atoms with Gasteiger partial charge < -0.3 is 18.8 Å². The number of benzene rings is 1. The summed E-state index contributed by atoms with van der Waals surface area (Å²) in [6.45, 7) is 1.97. The van der Waals surface area contributed by atoms with E-state index in [2.05, 4.69) is 14.8 Å². The first-order chi connectivity index (χ1) is 9.33. The summed E-state index contributed by atoms with van der Waals surface area (Å²) in [5, 5.41) is 8.38. The maximum atomic E-state index is 5.36. The Kier molecular flexibility index (Phi) is 3.08. The highest BCUT2D eigenvalue weighted by molar-refractivity contribution is 5.61. The van der Waals surface area contributed by atoms with Crippen molar-refractivity contribution in [1.82, 2.24) is 14.8 Å². The van der Waals surface area contributed by atoms with Gasteiger partial charge in [0.2, 0.25) is 0 Å². The molecule has 0 unspecified atom stereocenters. The lowest BCUT2D eigenvalue weighted by atomic mass is 10.2. The SMILES string of the molecule is COc1ccc(-c2nnc3n2CCOC3)cc1OC. The molecule has 0 fully saturated rings. The van der Waals surface area contributed by atoms with Crippen molar-refractivity contribution in [2.75, 3.05) is 20.8 Å². The zero-order valence-corrected chi connectivity index (χ0v) is 10.9. The summed E-state index contributed by atoms with van der Waals surface area (Å²) in [7, 11) is 3.24. The molecule has 100 valence electrons. The van der Waals surface area contributed by atoms with Gasteiger partial charge in [0.15, 0.2) is 23.1 Å². The van der Waals surface area contributed by atoms with Crippen molar-refractivity contribution < 1.29 is 14.2 Å². The van der Waals surface area contributed by atoms with E-state index in [1.165, 1.54) is 0 Å². The van der Waals surface area contributed by atoms with E-state index in [0.29, 0.717) is 24.7 Å². The molecule has 0 radical (unpaired) electrons. The van der Waals surface area contributed by atoms with Crippen molar-refractivity contribution in [2.24, 2.45) is 0 Å². The van der Waals surface area contributed by atoms with Crippen LogP contribution in [-0.2, 0) is 17.9 Å². The molecule has 0 amide bonds. The molecule has 1 aromatic heterocycles. The van der Waals surface area contributed by atoms with Gasteiger partial charge in [0.05, 0.1) is 20.8 Å². The van der Waals surface area contributed by atoms with Gasteiger partial charge in [0.25, 0.3) is 0 Å². The highest BCUT2D eigenvalue weighted by Crippen LogP contribution is 2.32. The van der Waals surface area contributed by atoms with Crippen LogP contribution in [0.2, 0.25) is 0 Å². The van der Waals surface area contributed by atoms with Crippen molar-refractivity contribution in [1.29, 1.82) is 0 Å². The average molecular weight is 261 g/mol. The van der Waals surface area contributed by atoms with Gasteiger partial charge in [-0.15, -0.1) is 10.2 Å². The van der Waals surface area contributed by atoms with E-state index in [9.17, 15) is 0 Å². The van der Waals surface area contributed by atoms with E-state index in [1.54, 1.807) is 14.2 Å². The molecule has 0 aliphatic carbocycles. The van der Waals surface area contributed by atoms with Crippen LogP contribution in [0.4, 0.5) is 0 Å². The number of ether oxygens (including phenoxy) is 3. The van der Waals surface area contributed by atoms with Crippen LogP contribution in [0.15, 0.2) is 18.2 Å². The fourth-order valence-electron chi connectivity index (χ4n) is 2.19. The Morgan fingerprint density at radius 3 is 2.79 bits per heavy atom. The Bertz CT molecular complexity index is 595. The third-order valence-corrected chi connectivity index (χ3v) is 3.16. The molecule has 19 heavy (non-hydrogen) atoms. The molecule has 0 bridgehead atoms. The lowest BCUT2D eigenvalue weighted by Crippen LogP contribution is -2.17. The highest BCUT2D eigenvalue weighted by Gasteiger charge is 2.18. The summed E-state index contributed by atoms with van der Waals surface area (Å²) in [5.41, 5.74) is 0.957. The van der Waals surface area contributed by atoms with Crippen LogP contribution in [-0.4, -0.2) is 35.6 Å². The van der Waals surface area contributed by atoms with E-state index < -0.39 is 0 Å². The second-order valence-electron chi connectivity index (χ2n) is 4.21. The smallest absolute Gasteiger partial charge is 0.164 e. The number of hydrogen-bond acceptors (Lipinski definition) is 5. The van der Waals surface area contributed by atoms with Gasteiger partial charge in [0, 0.05) is 12.1 Å². The Labute approximate surface area is 110 Å². The quantitative estimate of drug-likeness (QED) is 0.837. The van der Waals surface area contributed by atoms with E-state index in [0.717, 1.165) is 23.8 Å². The first-order valence-electron chi connectivity index (χ1n) is 6.05. The van der Waals surface area contributed by atoms with Crippen molar-refractivity contribution in [3.8, 4) is 22.9 Å². The van der Waals surface area contributed by atoms with Gasteiger partial charge >= 0.3 is 0 Å². The molecule has 6 heteroatoms. The van der Waals surface area contributed by atoms with Gasteiger partial charge in [-0.3, -0.25) is 0 Å². The predicted molar refractivity (Wildman–Crippen MR) is 68.2 cm³/mol. The Morgan fingerprint density at radius 1 is 1.16 bits per heavy atom. The van der Waals surface area contributed by atoms with Crippen LogP contribution in [0.3, 0.4) is 0 Å². The molecule has 0 saturated heterocycles. The van der Waals surface area contributed by atoms with Crippen LogP contribution in [0.1, 0.15) is 5.82 Å². The number of rotatable bonds is 3. The second-order valence-corrected chi connectivity index (χ2v) is 4.21. The molecule has 6 nitrogen and oxygen atoms in total. The summed E-state index contributed by atoms with van der Waals surface area (Å²) in [4.78, 5) is 0. The molecular formula is C13H15N3O3. The van der Waals surface area contributed by atoms with Crippen molar-refractivity contribution >= 4 is 0 Å². The van der Waals surface area contributed by atoms with Gasteiger partial charge in [0.1, 0.15) is 6.61 Å². The molecule has 0 N–H and O–H groups in total. The summed E-state index contributed by atoms with van der Waals surface area (Å²) in [6, 6.07) is 5.73. The molecule has 2 heterocycles. The van der Waals surface area contributed by atoms with Crippen molar-refractivity contribution in [3.63, 3.8) is 0 Å². The first-order valence-corrected chi connectivity index (χ1v) is 6.05. The van der Waals surface area contributed by atoms with E-state index >= 15 is 0 Å². The molecule has 1 aromatic carbocycles. The Hall–Kier alpha value is -2.08. The minimum atomic E-state index is 0.514. The minimum Gasteiger partial charge on any atom is -0.493 e. The van der Waals surface area contributed by atoms with Crippen molar-refractivity contribution in [3.05, 3.63) is 24.0 Å². The Morgan fingerprint density at radius 2 is 2.00 bits per heavy atom. The Balaban J connectivity index is 2.04. The second kappa shape index (κ2) is 4.89. The summed E-state index contributed by atoms with van der Waals surface area (Å²) >= 11 is 0. The molecule has 1 aliphatic rings. The number of fused-ring (bicyclic) bond motifs is 1. The fraction of sp³-hybridized carbons (Fsp3) is 0.385. The van der Waals surface area contributed by atoms with Crippen LogP contribution < -0.4 is 9.47 Å². The molecule has 3 rings (SSSR count).